The summed E-state index contributed by atoms with van der Waals surface area (Å²) in [6, 6.07) is 6.39. The van der Waals surface area contributed by atoms with Crippen LogP contribution < -0.4 is 10.1 Å². The maximum absolute atomic E-state index is 12.2. The van der Waals surface area contributed by atoms with E-state index in [-0.39, 0.29) is 28.9 Å². The van der Waals surface area contributed by atoms with Crippen LogP contribution in [0.1, 0.15) is 19.4 Å². The third-order valence-corrected chi connectivity index (χ3v) is 3.95. The highest BCUT2D eigenvalue weighted by Crippen LogP contribution is 2.20. The van der Waals surface area contributed by atoms with Gasteiger partial charge in [-0.1, -0.05) is 48.0 Å². The van der Waals surface area contributed by atoms with Gasteiger partial charge in [0.1, 0.15) is 5.75 Å². The van der Waals surface area contributed by atoms with Crippen LogP contribution in [0.2, 0.25) is 0 Å². The molecule has 1 aromatic carbocycles. The average molecular weight is 336 g/mol. The van der Waals surface area contributed by atoms with Crippen LogP contribution in [0, 0.1) is 5.92 Å². The van der Waals surface area contributed by atoms with Crippen molar-refractivity contribution in [2.75, 3.05) is 0 Å². The van der Waals surface area contributed by atoms with Gasteiger partial charge in [0.2, 0.25) is 5.91 Å². The maximum atomic E-state index is 12.2. The fourth-order valence-electron chi connectivity index (χ4n) is 1.44. The molecule has 0 fully saturated rings. The second-order valence-electron chi connectivity index (χ2n) is 4.35. The number of alkyl halides is 3. The normalized spacial score (nSPS) is 12.6. The molecule has 0 heterocycles. The molecule has 0 aliphatic carbocycles. The Kier molecular flexibility index (Phi) is 6.21. The van der Waals surface area contributed by atoms with Gasteiger partial charge in [0.05, 0.1) is 4.83 Å². The summed E-state index contributed by atoms with van der Waals surface area (Å²) in [5.74, 6) is 0.0443. The summed E-state index contributed by atoms with van der Waals surface area (Å²) >= 11 is 3.28. The minimum atomic E-state index is -2.88. The predicted molar refractivity (Wildman–Crippen MR) is 72.5 cm³/mol. The van der Waals surface area contributed by atoms with E-state index in [1.54, 1.807) is 18.2 Å². The number of halogens is 3. The Labute approximate surface area is 119 Å². The largest absolute Gasteiger partial charge is 0.434 e. The highest BCUT2D eigenvalue weighted by Gasteiger charge is 2.18. The van der Waals surface area contributed by atoms with E-state index in [1.165, 1.54) is 6.07 Å². The molecule has 1 atom stereocenters. The van der Waals surface area contributed by atoms with Crippen molar-refractivity contribution in [2.45, 2.75) is 31.8 Å². The summed E-state index contributed by atoms with van der Waals surface area (Å²) < 4.78 is 28.8. The highest BCUT2D eigenvalue weighted by molar-refractivity contribution is 9.10. The van der Waals surface area contributed by atoms with Gasteiger partial charge in [-0.25, -0.2) is 0 Å². The van der Waals surface area contributed by atoms with Gasteiger partial charge in [-0.3, -0.25) is 4.79 Å². The molecule has 0 saturated heterocycles. The first kappa shape index (κ1) is 15.9. The Balaban J connectivity index is 2.65. The number of carbonyl (C=O) groups excluding carboxylic acids is 1. The molecule has 0 aromatic heterocycles. The monoisotopic (exact) mass is 335 g/mol. The molecule has 106 valence electrons. The first-order chi connectivity index (χ1) is 8.91. The quantitative estimate of drug-likeness (QED) is 0.810. The Morgan fingerprint density at radius 1 is 1.37 bits per heavy atom. The summed E-state index contributed by atoms with van der Waals surface area (Å²) in [5.41, 5.74) is 0.514. The van der Waals surface area contributed by atoms with Gasteiger partial charge >= 0.3 is 6.61 Å². The number of hydrogen-bond acceptors (Lipinski definition) is 2. The number of benzene rings is 1. The topological polar surface area (TPSA) is 38.3 Å². The molecular formula is C13H16BrF2NO2. The number of nitrogens with one attached hydrogen (secondary N) is 1. The molecule has 0 aliphatic rings. The van der Waals surface area contributed by atoms with E-state index in [2.05, 4.69) is 26.0 Å². The van der Waals surface area contributed by atoms with E-state index in [4.69, 9.17) is 0 Å². The zero-order valence-electron chi connectivity index (χ0n) is 10.7. The van der Waals surface area contributed by atoms with Gasteiger partial charge in [-0.05, 0) is 12.0 Å². The molecule has 19 heavy (non-hydrogen) atoms. The summed E-state index contributed by atoms with van der Waals surface area (Å²) in [6.07, 6.45) is 0. The molecule has 6 heteroatoms. The lowest BCUT2D eigenvalue weighted by Crippen LogP contribution is -2.33. The van der Waals surface area contributed by atoms with Gasteiger partial charge in [-0.2, -0.15) is 8.78 Å². The third-order valence-electron chi connectivity index (χ3n) is 2.48. The number of para-hydroxylation sites is 1. The van der Waals surface area contributed by atoms with Crippen molar-refractivity contribution in [3.63, 3.8) is 0 Å². The fourth-order valence-corrected chi connectivity index (χ4v) is 1.61. The molecule has 0 saturated carbocycles. The Bertz CT molecular complexity index is 427. The lowest BCUT2D eigenvalue weighted by atomic mass is 10.1. The number of ether oxygens (including phenoxy) is 1. The van der Waals surface area contributed by atoms with Gasteiger partial charge in [0.25, 0.3) is 0 Å². The SMILES string of the molecule is CC(C)C(Br)C(=O)NCc1ccccc1OC(F)F. The van der Waals surface area contributed by atoms with Crippen molar-refractivity contribution in [1.29, 1.82) is 0 Å². The Morgan fingerprint density at radius 2 is 2.00 bits per heavy atom. The summed E-state index contributed by atoms with van der Waals surface area (Å²) in [4.78, 5) is 11.4. The van der Waals surface area contributed by atoms with Crippen LogP contribution in [0.5, 0.6) is 5.75 Å². The molecule has 1 rings (SSSR count). The van der Waals surface area contributed by atoms with Crippen molar-refractivity contribution in [2.24, 2.45) is 5.92 Å². The Hall–Kier alpha value is -1.17. The molecule has 0 spiro atoms. The zero-order valence-corrected chi connectivity index (χ0v) is 12.3. The van der Waals surface area contributed by atoms with Crippen LogP contribution in [0.3, 0.4) is 0 Å². The van der Waals surface area contributed by atoms with E-state index in [1.807, 2.05) is 13.8 Å². The lowest BCUT2D eigenvalue weighted by molar-refractivity contribution is -0.121. The summed E-state index contributed by atoms with van der Waals surface area (Å²) in [7, 11) is 0. The van der Waals surface area contributed by atoms with Gasteiger partial charge < -0.3 is 10.1 Å². The van der Waals surface area contributed by atoms with Crippen molar-refractivity contribution in [3.8, 4) is 5.75 Å². The second-order valence-corrected chi connectivity index (χ2v) is 5.34. The van der Waals surface area contributed by atoms with E-state index >= 15 is 0 Å². The second kappa shape index (κ2) is 7.43. The molecule has 1 amide bonds. The van der Waals surface area contributed by atoms with Gasteiger partial charge in [-0.15, -0.1) is 0 Å². The van der Waals surface area contributed by atoms with Gasteiger partial charge in [0.15, 0.2) is 0 Å². The minimum absolute atomic E-state index is 0.0773. The number of rotatable bonds is 6. The van der Waals surface area contributed by atoms with E-state index in [0.29, 0.717) is 5.56 Å². The molecule has 0 aliphatic heterocycles. The molecule has 0 bridgehead atoms. The van der Waals surface area contributed by atoms with Crippen LogP contribution in [-0.2, 0) is 11.3 Å². The summed E-state index contributed by atoms with van der Waals surface area (Å²) in [5, 5.41) is 2.68. The van der Waals surface area contributed by atoms with Crippen LogP contribution in [0.25, 0.3) is 0 Å². The molecular weight excluding hydrogens is 320 g/mol. The summed E-state index contributed by atoms with van der Waals surface area (Å²) in [6.45, 7) is 1.09. The maximum Gasteiger partial charge on any atom is 0.387 e. The van der Waals surface area contributed by atoms with Crippen molar-refractivity contribution >= 4 is 21.8 Å². The lowest BCUT2D eigenvalue weighted by Gasteiger charge is -2.15. The third kappa shape index (κ3) is 5.14. The molecule has 1 aromatic rings. The first-order valence-corrected chi connectivity index (χ1v) is 6.78. The number of amides is 1. The van der Waals surface area contributed by atoms with Gasteiger partial charge in [0, 0.05) is 12.1 Å². The molecule has 0 radical (unpaired) electrons. The first-order valence-electron chi connectivity index (χ1n) is 5.86. The van der Waals surface area contributed by atoms with E-state index in [0.717, 1.165) is 0 Å². The number of carbonyl (C=O) groups is 1. The van der Waals surface area contributed by atoms with Crippen molar-refractivity contribution in [1.82, 2.24) is 5.32 Å². The molecule has 3 nitrogen and oxygen atoms in total. The van der Waals surface area contributed by atoms with Crippen LogP contribution in [-0.4, -0.2) is 17.3 Å². The van der Waals surface area contributed by atoms with E-state index in [9.17, 15) is 13.6 Å². The smallest absolute Gasteiger partial charge is 0.387 e. The molecule has 1 unspecified atom stereocenters. The zero-order chi connectivity index (χ0) is 14.4. The standard InChI is InChI=1S/C13H16BrF2NO2/c1-8(2)11(14)12(18)17-7-9-5-3-4-6-10(9)19-13(15)16/h3-6,8,11,13H,7H2,1-2H3,(H,17,18). The highest BCUT2D eigenvalue weighted by atomic mass is 79.9. The van der Waals surface area contributed by atoms with Crippen LogP contribution >= 0.6 is 15.9 Å². The van der Waals surface area contributed by atoms with Crippen LogP contribution in [0.15, 0.2) is 24.3 Å². The van der Waals surface area contributed by atoms with Crippen molar-refractivity contribution < 1.29 is 18.3 Å². The van der Waals surface area contributed by atoms with Crippen molar-refractivity contribution in [3.05, 3.63) is 29.8 Å². The van der Waals surface area contributed by atoms with E-state index < -0.39 is 6.61 Å². The molecule has 1 N–H and O–H groups in total. The minimum Gasteiger partial charge on any atom is -0.434 e. The Morgan fingerprint density at radius 3 is 2.58 bits per heavy atom. The average Bonchev–Trinajstić information content (AvgIpc) is 2.35. The predicted octanol–water partition coefficient (Wildman–Crippen LogP) is 3.32. The van der Waals surface area contributed by atoms with Crippen LogP contribution in [0.4, 0.5) is 8.78 Å². The number of hydrogen-bond donors (Lipinski definition) is 1. The fraction of sp³-hybridized carbons (Fsp3) is 0.462.